The van der Waals surface area contributed by atoms with Crippen LogP contribution in [0.2, 0.25) is 0 Å². The zero-order valence-electron chi connectivity index (χ0n) is 8.88. The first-order chi connectivity index (χ1) is 8.22. The summed E-state index contributed by atoms with van der Waals surface area (Å²) in [5.74, 6) is 0. The molecule has 86 valence electrons. The standard InChI is InChI=1S/C10H8N4S3/c1-15-9-13-14-10(17-9)16-7-3-2-6(5-11)8(12)4-7/h2-4H,12H2,1H3. The molecule has 2 N–H and O–H groups in total. The van der Waals surface area contributed by atoms with Crippen LogP contribution in [0.4, 0.5) is 5.69 Å². The molecule has 4 nitrogen and oxygen atoms in total. The van der Waals surface area contributed by atoms with Crippen LogP contribution < -0.4 is 5.73 Å². The number of hydrogen-bond acceptors (Lipinski definition) is 7. The molecule has 0 radical (unpaired) electrons. The number of nitrogens with zero attached hydrogens (tertiary/aromatic N) is 3. The third-order valence-corrected chi connectivity index (χ3v) is 4.85. The molecule has 1 aromatic carbocycles. The fourth-order valence-electron chi connectivity index (χ4n) is 1.13. The average Bonchev–Trinajstić information content (AvgIpc) is 2.77. The molecule has 0 spiro atoms. The quantitative estimate of drug-likeness (QED) is 0.688. The molecule has 0 atom stereocenters. The number of benzene rings is 1. The Morgan fingerprint density at radius 1 is 1.35 bits per heavy atom. The second-order valence-corrected chi connectivity index (χ2v) is 6.35. The first kappa shape index (κ1) is 12.2. The van der Waals surface area contributed by atoms with Crippen molar-refractivity contribution in [2.24, 2.45) is 0 Å². The van der Waals surface area contributed by atoms with Crippen molar-refractivity contribution in [2.75, 3.05) is 12.0 Å². The van der Waals surface area contributed by atoms with Crippen LogP contribution >= 0.6 is 34.9 Å². The molecule has 17 heavy (non-hydrogen) atoms. The molecule has 7 heteroatoms. The van der Waals surface area contributed by atoms with E-state index in [-0.39, 0.29) is 0 Å². The van der Waals surface area contributed by atoms with Gasteiger partial charge in [0.15, 0.2) is 8.68 Å². The van der Waals surface area contributed by atoms with Crippen LogP contribution in [0.15, 0.2) is 31.8 Å². The predicted octanol–water partition coefficient (Wildman–Crippen LogP) is 2.87. The number of hydrogen-bond donors (Lipinski definition) is 1. The summed E-state index contributed by atoms with van der Waals surface area (Å²) in [6.07, 6.45) is 1.97. The molecule has 1 heterocycles. The zero-order chi connectivity index (χ0) is 12.3. The summed E-state index contributed by atoms with van der Waals surface area (Å²) in [5.41, 5.74) is 6.73. The van der Waals surface area contributed by atoms with E-state index in [0.29, 0.717) is 11.3 Å². The highest BCUT2D eigenvalue weighted by molar-refractivity contribution is 8.03. The Labute approximate surface area is 111 Å². The zero-order valence-corrected chi connectivity index (χ0v) is 11.3. The van der Waals surface area contributed by atoms with Crippen molar-refractivity contribution in [1.82, 2.24) is 10.2 Å². The van der Waals surface area contributed by atoms with Crippen LogP contribution in [0, 0.1) is 11.3 Å². The van der Waals surface area contributed by atoms with Gasteiger partial charge in [-0.15, -0.1) is 10.2 Å². The smallest absolute Gasteiger partial charge is 0.179 e. The summed E-state index contributed by atoms with van der Waals surface area (Å²) in [5, 5.41) is 16.8. The molecule has 0 unspecified atom stereocenters. The van der Waals surface area contributed by atoms with Gasteiger partial charge in [0.25, 0.3) is 0 Å². The Kier molecular flexibility index (Phi) is 3.89. The summed E-state index contributed by atoms with van der Waals surface area (Å²) in [6, 6.07) is 7.40. The number of nitriles is 1. The van der Waals surface area contributed by atoms with Crippen molar-refractivity contribution >= 4 is 40.5 Å². The first-order valence-electron chi connectivity index (χ1n) is 4.58. The average molecular weight is 280 g/mol. The van der Waals surface area contributed by atoms with Gasteiger partial charge in [-0.05, 0) is 24.5 Å². The van der Waals surface area contributed by atoms with Gasteiger partial charge < -0.3 is 5.73 Å². The Bertz CT molecular complexity index is 573. The number of nitrogens with two attached hydrogens (primary N) is 1. The van der Waals surface area contributed by atoms with Gasteiger partial charge in [-0.2, -0.15) is 5.26 Å². The van der Waals surface area contributed by atoms with E-state index in [4.69, 9.17) is 11.0 Å². The Balaban J connectivity index is 2.19. The molecule has 0 amide bonds. The van der Waals surface area contributed by atoms with Crippen molar-refractivity contribution < 1.29 is 0 Å². The summed E-state index contributed by atoms with van der Waals surface area (Å²) < 4.78 is 1.81. The van der Waals surface area contributed by atoms with Crippen molar-refractivity contribution in [3.8, 4) is 6.07 Å². The van der Waals surface area contributed by atoms with Gasteiger partial charge in [0.2, 0.25) is 0 Å². The molecular formula is C10H8N4S3. The molecule has 0 aliphatic heterocycles. The number of anilines is 1. The van der Waals surface area contributed by atoms with E-state index in [2.05, 4.69) is 10.2 Å². The molecule has 0 bridgehead atoms. The minimum atomic E-state index is 0.493. The fraction of sp³-hybridized carbons (Fsp3) is 0.100. The van der Waals surface area contributed by atoms with Crippen LogP contribution in [0.5, 0.6) is 0 Å². The maximum atomic E-state index is 8.77. The van der Waals surface area contributed by atoms with Crippen LogP contribution in [-0.2, 0) is 0 Å². The van der Waals surface area contributed by atoms with Crippen LogP contribution in [0.25, 0.3) is 0 Å². The Morgan fingerprint density at radius 3 is 2.71 bits per heavy atom. The molecule has 0 aliphatic rings. The van der Waals surface area contributed by atoms with Crippen molar-refractivity contribution in [1.29, 1.82) is 5.26 Å². The van der Waals surface area contributed by atoms with Gasteiger partial charge in [-0.25, -0.2) is 0 Å². The van der Waals surface area contributed by atoms with Gasteiger partial charge in [0.1, 0.15) is 6.07 Å². The van der Waals surface area contributed by atoms with Gasteiger partial charge in [0.05, 0.1) is 11.3 Å². The molecule has 0 saturated carbocycles. The summed E-state index contributed by atoms with van der Waals surface area (Å²) in [6.45, 7) is 0. The second kappa shape index (κ2) is 5.40. The van der Waals surface area contributed by atoms with Gasteiger partial charge in [0, 0.05) is 4.90 Å². The minimum Gasteiger partial charge on any atom is -0.398 e. The molecule has 0 saturated heterocycles. The van der Waals surface area contributed by atoms with E-state index < -0.39 is 0 Å². The number of nitrogen functional groups attached to an aromatic ring is 1. The fourth-order valence-corrected chi connectivity index (χ4v) is 3.59. The molecule has 0 fully saturated rings. The van der Waals surface area contributed by atoms with Crippen molar-refractivity contribution in [3.05, 3.63) is 23.8 Å². The largest absolute Gasteiger partial charge is 0.398 e. The molecule has 2 aromatic rings. The number of rotatable bonds is 3. The predicted molar refractivity (Wildman–Crippen MR) is 71.4 cm³/mol. The molecular weight excluding hydrogens is 272 g/mol. The van der Waals surface area contributed by atoms with Crippen molar-refractivity contribution in [2.45, 2.75) is 13.6 Å². The van der Waals surface area contributed by atoms with E-state index >= 15 is 0 Å². The van der Waals surface area contributed by atoms with Crippen LogP contribution in [-0.4, -0.2) is 16.5 Å². The van der Waals surface area contributed by atoms with Crippen LogP contribution in [0.1, 0.15) is 5.56 Å². The number of thioether (sulfide) groups is 1. The van der Waals surface area contributed by atoms with E-state index in [1.807, 2.05) is 18.4 Å². The lowest BCUT2D eigenvalue weighted by molar-refractivity contribution is 0.956. The highest BCUT2D eigenvalue weighted by Crippen LogP contribution is 2.33. The van der Waals surface area contributed by atoms with Gasteiger partial charge >= 0.3 is 0 Å². The summed E-state index contributed by atoms with van der Waals surface area (Å²) in [7, 11) is 0. The highest BCUT2D eigenvalue weighted by atomic mass is 32.2. The molecule has 1 aromatic heterocycles. The highest BCUT2D eigenvalue weighted by Gasteiger charge is 2.06. The number of aromatic nitrogens is 2. The third kappa shape index (κ3) is 2.91. The Morgan fingerprint density at radius 2 is 2.12 bits per heavy atom. The Hall–Kier alpha value is -1.23. The maximum absolute atomic E-state index is 8.77. The summed E-state index contributed by atoms with van der Waals surface area (Å²) >= 11 is 4.61. The topological polar surface area (TPSA) is 75.6 Å². The maximum Gasteiger partial charge on any atom is 0.179 e. The second-order valence-electron chi connectivity index (χ2n) is 3.00. The first-order valence-corrected chi connectivity index (χ1v) is 7.43. The van der Waals surface area contributed by atoms with Crippen LogP contribution in [0.3, 0.4) is 0 Å². The van der Waals surface area contributed by atoms with Crippen molar-refractivity contribution in [3.63, 3.8) is 0 Å². The molecule has 2 rings (SSSR count). The lowest BCUT2D eigenvalue weighted by Gasteiger charge is -2.00. The lowest BCUT2D eigenvalue weighted by atomic mass is 10.2. The molecule has 0 aliphatic carbocycles. The third-order valence-electron chi connectivity index (χ3n) is 1.91. The van der Waals surface area contributed by atoms with E-state index in [0.717, 1.165) is 13.6 Å². The monoisotopic (exact) mass is 280 g/mol. The van der Waals surface area contributed by atoms with E-state index in [1.165, 1.54) is 11.8 Å². The summed E-state index contributed by atoms with van der Waals surface area (Å²) in [4.78, 5) is 0.963. The SMILES string of the molecule is CSc1nnc(Sc2ccc(C#N)c(N)c2)s1. The van der Waals surface area contributed by atoms with E-state index in [9.17, 15) is 0 Å². The van der Waals surface area contributed by atoms with Gasteiger partial charge in [-0.3, -0.25) is 0 Å². The van der Waals surface area contributed by atoms with Gasteiger partial charge in [-0.1, -0.05) is 34.9 Å². The normalized spacial score (nSPS) is 10.1. The lowest BCUT2D eigenvalue weighted by Crippen LogP contribution is -1.89. The minimum absolute atomic E-state index is 0.493. The van der Waals surface area contributed by atoms with E-state index in [1.54, 1.807) is 35.2 Å².